The summed E-state index contributed by atoms with van der Waals surface area (Å²) < 4.78 is 6.12. The molecule has 94 valence electrons. The van der Waals surface area contributed by atoms with Gasteiger partial charge in [0.1, 0.15) is 24.6 Å². The lowest BCUT2D eigenvalue weighted by molar-refractivity contribution is -0.0589. The van der Waals surface area contributed by atoms with Crippen LogP contribution in [0.4, 0.5) is 0 Å². The molecule has 2 rings (SSSR count). The first-order valence-corrected chi connectivity index (χ1v) is 4.81. The molecule has 0 amide bonds. The Morgan fingerprint density at radius 3 is 2.65 bits per heavy atom. The minimum absolute atomic E-state index is 0.442. The van der Waals surface area contributed by atoms with Crippen LogP contribution >= 0.6 is 0 Å². The molecule has 1 aromatic rings. The summed E-state index contributed by atoms with van der Waals surface area (Å²) in [6, 6.07) is 0. The summed E-state index contributed by atoms with van der Waals surface area (Å²) in [7, 11) is 0. The molecule has 1 aromatic heterocycles. The van der Waals surface area contributed by atoms with Crippen molar-refractivity contribution in [1.29, 1.82) is 0 Å². The van der Waals surface area contributed by atoms with Gasteiger partial charge >= 0.3 is 5.97 Å². The lowest BCUT2D eigenvalue weighted by Crippen LogP contribution is -2.33. The third-order valence-electron chi connectivity index (χ3n) is 2.48. The lowest BCUT2D eigenvalue weighted by Gasteiger charge is -2.13. The minimum atomic E-state index is -1.31. The van der Waals surface area contributed by atoms with E-state index in [1.807, 2.05) is 0 Å². The average Bonchev–Trinajstić information content (AvgIpc) is 2.87. The van der Waals surface area contributed by atoms with E-state index in [9.17, 15) is 15.0 Å². The molecule has 4 N–H and O–H groups in total. The number of aliphatic hydroxyl groups is 3. The lowest BCUT2D eigenvalue weighted by atomic mass is 10.1. The maximum Gasteiger partial charge on any atom is 0.375 e. The van der Waals surface area contributed by atoms with E-state index in [-0.39, 0.29) is 0 Å². The quantitative estimate of drug-likeness (QED) is 0.462. The Bertz CT molecular complexity index is 421. The Hall–Kier alpha value is -1.55. The van der Waals surface area contributed by atoms with Crippen molar-refractivity contribution < 1.29 is 30.0 Å². The van der Waals surface area contributed by atoms with Crippen LogP contribution in [0, 0.1) is 0 Å². The molecule has 17 heavy (non-hydrogen) atoms. The first-order valence-electron chi connectivity index (χ1n) is 4.81. The first-order chi connectivity index (χ1) is 8.04. The van der Waals surface area contributed by atoms with Gasteiger partial charge in [0, 0.05) is 0 Å². The van der Waals surface area contributed by atoms with E-state index in [1.165, 1.54) is 0 Å². The maximum atomic E-state index is 10.6. The molecule has 1 saturated heterocycles. The van der Waals surface area contributed by atoms with Gasteiger partial charge in [-0.1, -0.05) is 0 Å². The maximum absolute atomic E-state index is 10.6. The van der Waals surface area contributed by atoms with Crippen LogP contribution in [-0.2, 0) is 4.74 Å². The van der Waals surface area contributed by atoms with Gasteiger partial charge in [-0.05, 0) is 0 Å². The van der Waals surface area contributed by atoms with Gasteiger partial charge in [-0.2, -0.15) is 0 Å². The summed E-state index contributed by atoms with van der Waals surface area (Å²) in [5.41, 5.74) is 0. The van der Waals surface area contributed by atoms with E-state index in [1.54, 1.807) is 0 Å². The van der Waals surface area contributed by atoms with E-state index >= 15 is 0 Å². The third kappa shape index (κ3) is 2.00. The molecule has 0 aromatic carbocycles. The standard InChI is InChI=1S/C8H11N3O6/c12-1-3-4(13)5(14)7(17-3)11-2-9-6(10-11)8(15)16/h2-5,7,12-14H,1H2,(H,15,16)/t3-,4-,5+,7+/m1/s1. The Kier molecular flexibility index (Phi) is 3.07. The second-order valence-electron chi connectivity index (χ2n) is 3.58. The molecule has 9 nitrogen and oxygen atoms in total. The van der Waals surface area contributed by atoms with E-state index in [2.05, 4.69) is 10.1 Å². The second kappa shape index (κ2) is 4.37. The predicted molar refractivity (Wildman–Crippen MR) is 50.0 cm³/mol. The number of carboxylic acids is 1. The summed E-state index contributed by atoms with van der Waals surface area (Å²) in [5.74, 6) is -1.75. The summed E-state index contributed by atoms with van der Waals surface area (Å²) in [6.07, 6.45) is -3.50. The van der Waals surface area contributed by atoms with Crippen molar-refractivity contribution in [3.63, 3.8) is 0 Å². The van der Waals surface area contributed by atoms with E-state index < -0.39 is 42.9 Å². The normalized spacial score (nSPS) is 32.9. The molecule has 1 aliphatic heterocycles. The van der Waals surface area contributed by atoms with Gasteiger partial charge in [-0.25, -0.2) is 14.5 Å². The topological polar surface area (TPSA) is 138 Å². The van der Waals surface area contributed by atoms with Crippen LogP contribution in [0.2, 0.25) is 0 Å². The van der Waals surface area contributed by atoms with Gasteiger partial charge < -0.3 is 25.2 Å². The number of hydrogen-bond donors (Lipinski definition) is 4. The Balaban J connectivity index is 2.19. The smallest absolute Gasteiger partial charge is 0.375 e. The first kappa shape index (κ1) is 11.9. The highest BCUT2D eigenvalue weighted by Gasteiger charge is 2.44. The molecule has 2 heterocycles. The number of nitrogens with zero attached hydrogens (tertiary/aromatic N) is 3. The zero-order valence-corrected chi connectivity index (χ0v) is 8.54. The molecular formula is C8H11N3O6. The van der Waals surface area contributed by atoms with Crippen molar-refractivity contribution in [3.8, 4) is 0 Å². The fourth-order valence-electron chi connectivity index (χ4n) is 1.59. The number of carboxylic acid groups (broad SMARTS) is 1. The van der Waals surface area contributed by atoms with E-state index in [4.69, 9.17) is 14.9 Å². The number of aliphatic hydroxyl groups excluding tert-OH is 3. The minimum Gasteiger partial charge on any atom is -0.475 e. The zero-order chi connectivity index (χ0) is 12.6. The number of hydrogen-bond acceptors (Lipinski definition) is 7. The van der Waals surface area contributed by atoms with Crippen molar-refractivity contribution in [2.45, 2.75) is 24.5 Å². The summed E-state index contributed by atoms with van der Waals surface area (Å²) in [4.78, 5) is 14.1. The monoisotopic (exact) mass is 245 g/mol. The number of aromatic carboxylic acids is 1. The van der Waals surface area contributed by atoms with Crippen molar-refractivity contribution in [1.82, 2.24) is 14.8 Å². The molecule has 1 fully saturated rings. The molecule has 9 heteroatoms. The Morgan fingerprint density at radius 2 is 2.18 bits per heavy atom. The van der Waals surface area contributed by atoms with Crippen LogP contribution in [-0.4, -0.2) is 66.1 Å². The summed E-state index contributed by atoms with van der Waals surface area (Å²) in [5, 5.41) is 40.2. The van der Waals surface area contributed by atoms with Crippen molar-refractivity contribution in [2.24, 2.45) is 0 Å². The molecule has 0 saturated carbocycles. The SMILES string of the molecule is O=C(O)c1ncn([C@H]2O[C@H](CO)[C@@H](O)[C@@H]2O)n1. The van der Waals surface area contributed by atoms with Gasteiger partial charge in [-0.3, -0.25) is 0 Å². The number of ether oxygens (including phenoxy) is 1. The molecule has 0 unspecified atom stereocenters. The predicted octanol–water partition coefficient (Wildman–Crippen LogP) is -2.41. The van der Waals surface area contributed by atoms with Gasteiger partial charge in [-0.15, -0.1) is 5.10 Å². The van der Waals surface area contributed by atoms with Crippen LogP contribution in [0.1, 0.15) is 16.8 Å². The Morgan fingerprint density at radius 1 is 1.47 bits per heavy atom. The van der Waals surface area contributed by atoms with Gasteiger partial charge in [0.25, 0.3) is 5.82 Å². The van der Waals surface area contributed by atoms with E-state index in [0.29, 0.717) is 0 Å². The van der Waals surface area contributed by atoms with Crippen LogP contribution in [0.3, 0.4) is 0 Å². The van der Waals surface area contributed by atoms with Crippen LogP contribution in [0.15, 0.2) is 6.33 Å². The largest absolute Gasteiger partial charge is 0.475 e. The Labute approximate surface area is 94.9 Å². The van der Waals surface area contributed by atoms with Crippen LogP contribution in [0.25, 0.3) is 0 Å². The fraction of sp³-hybridized carbons (Fsp3) is 0.625. The van der Waals surface area contributed by atoms with Crippen molar-refractivity contribution >= 4 is 5.97 Å². The van der Waals surface area contributed by atoms with Crippen LogP contribution in [0.5, 0.6) is 0 Å². The molecular weight excluding hydrogens is 234 g/mol. The average molecular weight is 245 g/mol. The van der Waals surface area contributed by atoms with Crippen molar-refractivity contribution in [3.05, 3.63) is 12.2 Å². The highest BCUT2D eigenvalue weighted by atomic mass is 16.6. The third-order valence-corrected chi connectivity index (χ3v) is 2.48. The van der Waals surface area contributed by atoms with Gasteiger partial charge in [0.15, 0.2) is 6.23 Å². The van der Waals surface area contributed by atoms with Crippen molar-refractivity contribution in [2.75, 3.05) is 6.61 Å². The second-order valence-corrected chi connectivity index (χ2v) is 3.58. The zero-order valence-electron chi connectivity index (χ0n) is 8.54. The van der Waals surface area contributed by atoms with Gasteiger partial charge in [0.05, 0.1) is 6.61 Å². The van der Waals surface area contributed by atoms with Gasteiger partial charge in [0.2, 0.25) is 0 Å². The molecule has 1 aliphatic rings. The fourth-order valence-corrected chi connectivity index (χ4v) is 1.59. The van der Waals surface area contributed by atoms with E-state index in [0.717, 1.165) is 11.0 Å². The number of carbonyl (C=O) groups is 1. The summed E-state index contributed by atoms with van der Waals surface area (Å²) in [6.45, 7) is -0.463. The molecule has 0 bridgehead atoms. The number of aromatic nitrogens is 3. The number of rotatable bonds is 3. The summed E-state index contributed by atoms with van der Waals surface area (Å²) >= 11 is 0. The van der Waals surface area contributed by atoms with Crippen LogP contribution < -0.4 is 0 Å². The molecule has 0 spiro atoms. The molecule has 0 radical (unpaired) electrons. The highest BCUT2D eigenvalue weighted by Crippen LogP contribution is 2.28. The molecule has 0 aliphatic carbocycles. The highest BCUT2D eigenvalue weighted by molar-refractivity contribution is 5.82. The molecule has 4 atom stereocenters.